The van der Waals surface area contributed by atoms with Crippen molar-refractivity contribution in [1.29, 1.82) is 0 Å². The van der Waals surface area contributed by atoms with Gasteiger partial charge in [0.1, 0.15) is 25.1 Å². The first kappa shape index (κ1) is 14.5. The first-order valence-corrected chi connectivity index (χ1v) is 6.02. The predicted molar refractivity (Wildman–Crippen MR) is 66.2 cm³/mol. The summed E-state index contributed by atoms with van der Waals surface area (Å²) in [5.74, 6) is -1.67. The van der Waals surface area contributed by atoms with E-state index in [9.17, 15) is 13.9 Å². The Morgan fingerprint density at radius 2 is 2.00 bits per heavy atom. The van der Waals surface area contributed by atoms with Crippen molar-refractivity contribution in [3.8, 4) is 5.75 Å². The van der Waals surface area contributed by atoms with Gasteiger partial charge in [0.15, 0.2) is 11.6 Å². The summed E-state index contributed by atoms with van der Waals surface area (Å²) in [6.45, 7) is 0.0224. The Balaban J connectivity index is 1.72. The Labute approximate surface area is 114 Å². The highest BCUT2D eigenvalue weighted by Gasteiger charge is 2.11. The van der Waals surface area contributed by atoms with E-state index in [2.05, 4.69) is 0 Å². The molecule has 0 saturated carbocycles. The van der Waals surface area contributed by atoms with Gasteiger partial charge in [0.05, 0.1) is 12.9 Å². The third kappa shape index (κ3) is 4.04. The summed E-state index contributed by atoms with van der Waals surface area (Å²) in [5.41, 5.74) is 0. The molecule has 1 atom stereocenters. The van der Waals surface area contributed by atoms with Gasteiger partial charge in [-0.1, -0.05) is 6.07 Å². The number of hydrogen-bond acceptors (Lipinski definition) is 4. The van der Waals surface area contributed by atoms with Crippen molar-refractivity contribution in [2.45, 2.75) is 12.7 Å². The molecule has 0 aliphatic heterocycles. The van der Waals surface area contributed by atoms with Crippen molar-refractivity contribution < 1.29 is 27.8 Å². The Kier molecular flexibility index (Phi) is 5.09. The summed E-state index contributed by atoms with van der Waals surface area (Å²) in [7, 11) is 0. The lowest BCUT2D eigenvalue weighted by molar-refractivity contribution is 0.000184. The smallest absolute Gasteiger partial charge is 0.200 e. The number of ether oxygens (including phenoxy) is 2. The van der Waals surface area contributed by atoms with Gasteiger partial charge in [-0.3, -0.25) is 0 Å². The summed E-state index contributed by atoms with van der Waals surface area (Å²) in [4.78, 5) is 0. The van der Waals surface area contributed by atoms with Crippen LogP contribution in [0.15, 0.2) is 41.0 Å². The van der Waals surface area contributed by atoms with Gasteiger partial charge in [0.2, 0.25) is 5.82 Å². The van der Waals surface area contributed by atoms with E-state index in [0.717, 1.165) is 6.07 Å². The van der Waals surface area contributed by atoms with Crippen molar-refractivity contribution in [3.63, 3.8) is 0 Å². The molecule has 0 radical (unpaired) electrons. The van der Waals surface area contributed by atoms with Gasteiger partial charge in [0, 0.05) is 0 Å². The number of halogens is 2. The summed E-state index contributed by atoms with van der Waals surface area (Å²) in [6, 6.07) is 7.07. The van der Waals surface area contributed by atoms with Gasteiger partial charge >= 0.3 is 0 Å². The van der Waals surface area contributed by atoms with Gasteiger partial charge in [-0.25, -0.2) is 4.39 Å². The lowest BCUT2D eigenvalue weighted by Crippen LogP contribution is -2.23. The second-order valence-corrected chi connectivity index (χ2v) is 4.11. The van der Waals surface area contributed by atoms with Crippen LogP contribution >= 0.6 is 0 Å². The van der Waals surface area contributed by atoms with Crippen molar-refractivity contribution in [3.05, 3.63) is 54.0 Å². The number of aliphatic hydroxyl groups is 1. The van der Waals surface area contributed by atoms with Crippen LogP contribution in [0, 0.1) is 11.6 Å². The van der Waals surface area contributed by atoms with Crippen LogP contribution in [-0.4, -0.2) is 24.4 Å². The fourth-order valence-corrected chi connectivity index (χ4v) is 1.52. The van der Waals surface area contributed by atoms with Crippen molar-refractivity contribution in [2.75, 3.05) is 13.2 Å². The molecule has 20 heavy (non-hydrogen) atoms. The van der Waals surface area contributed by atoms with E-state index in [-0.39, 0.29) is 25.6 Å². The maximum atomic E-state index is 13.3. The molecule has 0 spiro atoms. The molecule has 2 rings (SSSR count). The number of benzene rings is 1. The van der Waals surface area contributed by atoms with Crippen LogP contribution in [-0.2, 0) is 11.3 Å². The standard InChI is InChI=1S/C14H14F2O4/c15-12-4-1-5-13(14(12)16)20-8-10(17)7-18-9-11-3-2-6-19-11/h1-6,10,17H,7-9H2. The highest BCUT2D eigenvalue weighted by atomic mass is 19.2. The zero-order valence-corrected chi connectivity index (χ0v) is 10.6. The lowest BCUT2D eigenvalue weighted by atomic mass is 10.3. The molecule has 6 heteroatoms. The molecule has 0 aliphatic carbocycles. The van der Waals surface area contributed by atoms with E-state index >= 15 is 0 Å². The molecular weight excluding hydrogens is 270 g/mol. The molecule has 1 aromatic heterocycles. The molecule has 2 aromatic rings. The largest absolute Gasteiger partial charge is 0.488 e. The molecule has 0 saturated heterocycles. The Morgan fingerprint density at radius 3 is 2.75 bits per heavy atom. The topological polar surface area (TPSA) is 51.8 Å². The van der Waals surface area contributed by atoms with Crippen LogP contribution in [0.2, 0.25) is 0 Å². The number of rotatable bonds is 7. The number of aliphatic hydroxyl groups excluding tert-OH is 1. The number of furan rings is 1. The third-order valence-corrected chi connectivity index (χ3v) is 2.48. The van der Waals surface area contributed by atoms with E-state index in [4.69, 9.17) is 13.9 Å². The minimum Gasteiger partial charge on any atom is -0.488 e. The summed E-state index contributed by atoms with van der Waals surface area (Å²) in [5, 5.41) is 9.60. The minimum atomic E-state index is -1.07. The van der Waals surface area contributed by atoms with E-state index in [1.165, 1.54) is 18.4 Å². The van der Waals surface area contributed by atoms with Crippen molar-refractivity contribution in [2.24, 2.45) is 0 Å². The average Bonchev–Trinajstić information content (AvgIpc) is 2.94. The SMILES string of the molecule is OC(COCc1ccco1)COc1cccc(F)c1F. The molecule has 108 valence electrons. The van der Waals surface area contributed by atoms with Crippen LogP contribution in [0.1, 0.15) is 5.76 Å². The maximum Gasteiger partial charge on any atom is 0.200 e. The van der Waals surface area contributed by atoms with Gasteiger partial charge in [0.25, 0.3) is 0 Å². The second-order valence-electron chi connectivity index (χ2n) is 4.11. The van der Waals surface area contributed by atoms with Gasteiger partial charge in [-0.15, -0.1) is 0 Å². The fourth-order valence-electron chi connectivity index (χ4n) is 1.52. The van der Waals surface area contributed by atoms with Crippen LogP contribution in [0.3, 0.4) is 0 Å². The summed E-state index contributed by atoms with van der Waals surface area (Å²) >= 11 is 0. The Morgan fingerprint density at radius 1 is 1.15 bits per heavy atom. The zero-order chi connectivity index (χ0) is 14.4. The van der Waals surface area contributed by atoms with Crippen LogP contribution < -0.4 is 4.74 Å². The quantitative estimate of drug-likeness (QED) is 0.848. The van der Waals surface area contributed by atoms with Crippen LogP contribution in [0.4, 0.5) is 8.78 Å². The van der Waals surface area contributed by atoms with Gasteiger partial charge in [-0.2, -0.15) is 4.39 Å². The molecule has 1 N–H and O–H groups in total. The first-order chi connectivity index (χ1) is 9.66. The highest BCUT2D eigenvalue weighted by Crippen LogP contribution is 2.19. The molecule has 0 bridgehead atoms. The molecule has 0 fully saturated rings. The molecule has 4 nitrogen and oxygen atoms in total. The minimum absolute atomic E-state index is 0.00235. The van der Waals surface area contributed by atoms with Crippen molar-refractivity contribution in [1.82, 2.24) is 0 Å². The fraction of sp³-hybridized carbons (Fsp3) is 0.286. The van der Waals surface area contributed by atoms with E-state index in [1.807, 2.05) is 0 Å². The predicted octanol–water partition coefficient (Wildman–Crippen LogP) is 2.51. The molecule has 1 heterocycles. The van der Waals surface area contributed by atoms with E-state index < -0.39 is 17.7 Å². The third-order valence-electron chi connectivity index (χ3n) is 2.48. The first-order valence-electron chi connectivity index (χ1n) is 6.02. The molecule has 0 aliphatic rings. The summed E-state index contributed by atoms with van der Waals surface area (Å²) in [6.07, 6.45) is 0.568. The van der Waals surface area contributed by atoms with Crippen molar-refractivity contribution >= 4 is 0 Å². The van der Waals surface area contributed by atoms with E-state index in [0.29, 0.717) is 5.76 Å². The molecule has 1 aromatic carbocycles. The van der Waals surface area contributed by atoms with Gasteiger partial charge in [-0.05, 0) is 24.3 Å². The van der Waals surface area contributed by atoms with E-state index in [1.54, 1.807) is 12.1 Å². The Hall–Kier alpha value is -1.92. The molecular formula is C14H14F2O4. The number of hydrogen-bond donors (Lipinski definition) is 1. The molecule has 1 unspecified atom stereocenters. The second kappa shape index (κ2) is 7.02. The summed E-state index contributed by atoms with van der Waals surface area (Å²) < 4.78 is 41.4. The highest BCUT2D eigenvalue weighted by molar-refractivity contribution is 5.25. The Bertz CT molecular complexity index is 528. The lowest BCUT2D eigenvalue weighted by Gasteiger charge is -2.13. The maximum absolute atomic E-state index is 13.3. The van der Waals surface area contributed by atoms with Crippen LogP contribution in [0.25, 0.3) is 0 Å². The van der Waals surface area contributed by atoms with Gasteiger partial charge < -0.3 is 19.0 Å². The normalized spacial score (nSPS) is 12.3. The van der Waals surface area contributed by atoms with Crippen LogP contribution in [0.5, 0.6) is 5.75 Å². The zero-order valence-electron chi connectivity index (χ0n) is 10.6. The molecule has 0 amide bonds. The monoisotopic (exact) mass is 284 g/mol. The average molecular weight is 284 g/mol.